The van der Waals surface area contributed by atoms with Crippen molar-refractivity contribution in [3.05, 3.63) is 59.9 Å². The maximum Gasteiger partial charge on any atom is 0.255 e. The van der Waals surface area contributed by atoms with Crippen molar-refractivity contribution in [2.75, 3.05) is 25.6 Å². The Balaban J connectivity index is 1.59. The number of aliphatic hydroxyl groups excluding tert-OH is 1. The van der Waals surface area contributed by atoms with Crippen LogP contribution >= 0.6 is 0 Å². The first kappa shape index (κ1) is 17.9. The van der Waals surface area contributed by atoms with Crippen LogP contribution in [0.1, 0.15) is 16.1 Å². The molecule has 0 atom stereocenters. The molecular formula is C21H19NO6. The summed E-state index contributed by atoms with van der Waals surface area (Å²) in [5.74, 6) is 2.49. The van der Waals surface area contributed by atoms with Gasteiger partial charge in [0.1, 0.15) is 37.1 Å². The molecule has 0 saturated heterocycles. The Hall–Kier alpha value is -3.45. The molecule has 0 bridgehead atoms. The van der Waals surface area contributed by atoms with E-state index in [4.69, 9.17) is 18.6 Å². The highest BCUT2D eigenvalue weighted by atomic mass is 16.6. The molecule has 3 aromatic rings. The second-order valence-electron chi connectivity index (χ2n) is 6.15. The molecular weight excluding hydrogens is 362 g/mol. The second kappa shape index (κ2) is 7.66. The van der Waals surface area contributed by atoms with Crippen molar-refractivity contribution in [1.29, 1.82) is 0 Å². The van der Waals surface area contributed by atoms with Gasteiger partial charge in [-0.2, -0.15) is 0 Å². The lowest BCUT2D eigenvalue weighted by molar-refractivity contribution is 0.102. The summed E-state index contributed by atoms with van der Waals surface area (Å²) in [5.41, 5.74) is 1.71. The molecule has 0 fully saturated rings. The van der Waals surface area contributed by atoms with Gasteiger partial charge in [0.25, 0.3) is 5.91 Å². The van der Waals surface area contributed by atoms with Gasteiger partial charge in [0.15, 0.2) is 11.5 Å². The summed E-state index contributed by atoms with van der Waals surface area (Å²) < 4.78 is 22.0. The number of ether oxygens (including phenoxy) is 3. The van der Waals surface area contributed by atoms with Crippen molar-refractivity contribution in [3.63, 3.8) is 0 Å². The van der Waals surface area contributed by atoms with Crippen LogP contribution in [0.25, 0.3) is 11.3 Å². The molecule has 144 valence electrons. The summed E-state index contributed by atoms with van der Waals surface area (Å²) >= 11 is 0. The van der Waals surface area contributed by atoms with E-state index >= 15 is 0 Å². The molecule has 0 radical (unpaired) electrons. The minimum absolute atomic E-state index is 0.192. The van der Waals surface area contributed by atoms with Crippen LogP contribution in [0.4, 0.5) is 5.69 Å². The van der Waals surface area contributed by atoms with E-state index in [1.165, 1.54) is 0 Å². The number of anilines is 1. The lowest BCUT2D eigenvalue weighted by Crippen LogP contribution is -2.17. The van der Waals surface area contributed by atoms with Gasteiger partial charge in [-0.3, -0.25) is 4.79 Å². The Morgan fingerprint density at radius 3 is 2.64 bits per heavy atom. The number of aliphatic hydroxyl groups is 1. The van der Waals surface area contributed by atoms with Gasteiger partial charge in [-0.05, 0) is 48.5 Å². The van der Waals surface area contributed by atoms with Gasteiger partial charge in [0, 0.05) is 11.3 Å². The molecule has 4 rings (SSSR count). The number of carbonyl (C=O) groups is 1. The molecule has 1 aromatic heterocycles. The van der Waals surface area contributed by atoms with E-state index in [0.29, 0.717) is 58.8 Å². The summed E-state index contributed by atoms with van der Waals surface area (Å²) in [7, 11) is 1.56. The minimum Gasteiger partial charge on any atom is -0.496 e. The smallest absolute Gasteiger partial charge is 0.255 e. The standard InChI is InChI=1S/C21H19NO6/c1-25-17-6-3-14(11-16(17)18-7-4-15(12-23)28-18)22-21(24)13-2-5-19-20(10-13)27-9-8-26-19/h2-7,10-11,23H,8-9,12H2,1H3,(H,22,24). The quantitative estimate of drug-likeness (QED) is 0.703. The van der Waals surface area contributed by atoms with Crippen LogP contribution in [0.15, 0.2) is 52.9 Å². The molecule has 28 heavy (non-hydrogen) atoms. The monoisotopic (exact) mass is 381 g/mol. The van der Waals surface area contributed by atoms with Crippen LogP contribution in [0, 0.1) is 0 Å². The average Bonchev–Trinajstić information content (AvgIpc) is 3.22. The third kappa shape index (κ3) is 3.52. The first-order chi connectivity index (χ1) is 13.7. The van der Waals surface area contributed by atoms with Crippen molar-refractivity contribution in [3.8, 4) is 28.6 Å². The SMILES string of the molecule is COc1ccc(NC(=O)c2ccc3c(c2)OCCO3)cc1-c1ccc(CO)o1. The summed E-state index contributed by atoms with van der Waals surface area (Å²) in [6.07, 6.45) is 0. The van der Waals surface area contributed by atoms with E-state index in [2.05, 4.69) is 5.32 Å². The van der Waals surface area contributed by atoms with E-state index in [0.717, 1.165) is 0 Å². The lowest BCUT2D eigenvalue weighted by Gasteiger charge is -2.18. The Morgan fingerprint density at radius 1 is 1.07 bits per heavy atom. The van der Waals surface area contributed by atoms with Gasteiger partial charge in [0.2, 0.25) is 0 Å². The molecule has 2 aromatic carbocycles. The topological polar surface area (TPSA) is 90.2 Å². The number of nitrogens with one attached hydrogen (secondary N) is 1. The first-order valence-electron chi connectivity index (χ1n) is 8.77. The second-order valence-corrected chi connectivity index (χ2v) is 6.15. The van der Waals surface area contributed by atoms with Crippen molar-refractivity contribution in [2.45, 2.75) is 6.61 Å². The third-order valence-electron chi connectivity index (χ3n) is 4.34. The summed E-state index contributed by atoms with van der Waals surface area (Å²) in [6.45, 7) is 0.764. The molecule has 0 spiro atoms. The van der Waals surface area contributed by atoms with Gasteiger partial charge in [-0.15, -0.1) is 0 Å². The van der Waals surface area contributed by atoms with Gasteiger partial charge < -0.3 is 29.1 Å². The van der Waals surface area contributed by atoms with Crippen LogP contribution in [0.5, 0.6) is 17.2 Å². The number of rotatable bonds is 5. The number of hydrogen-bond acceptors (Lipinski definition) is 6. The molecule has 0 saturated carbocycles. The van der Waals surface area contributed by atoms with E-state index in [9.17, 15) is 9.90 Å². The molecule has 2 N–H and O–H groups in total. The number of hydrogen-bond donors (Lipinski definition) is 2. The third-order valence-corrected chi connectivity index (χ3v) is 4.34. The van der Waals surface area contributed by atoms with E-state index in [1.807, 2.05) is 0 Å². The number of furan rings is 1. The largest absolute Gasteiger partial charge is 0.496 e. The predicted octanol–water partition coefficient (Wildman–Crippen LogP) is 3.47. The van der Waals surface area contributed by atoms with E-state index in [-0.39, 0.29) is 12.5 Å². The number of fused-ring (bicyclic) bond motifs is 1. The van der Waals surface area contributed by atoms with E-state index in [1.54, 1.807) is 55.6 Å². The molecule has 0 unspecified atom stereocenters. The lowest BCUT2D eigenvalue weighted by atomic mass is 10.1. The molecule has 2 heterocycles. The maximum atomic E-state index is 12.7. The zero-order valence-corrected chi connectivity index (χ0v) is 15.2. The molecule has 0 aliphatic carbocycles. The van der Waals surface area contributed by atoms with Crippen LogP contribution in [0.2, 0.25) is 0 Å². The van der Waals surface area contributed by atoms with Crippen LogP contribution < -0.4 is 19.5 Å². The molecule has 1 aliphatic heterocycles. The Bertz CT molecular complexity index is 1010. The highest BCUT2D eigenvalue weighted by Gasteiger charge is 2.16. The molecule has 7 nitrogen and oxygen atoms in total. The zero-order chi connectivity index (χ0) is 19.5. The average molecular weight is 381 g/mol. The predicted molar refractivity (Wildman–Crippen MR) is 102 cm³/mol. The van der Waals surface area contributed by atoms with Crippen molar-refractivity contribution >= 4 is 11.6 Å². The highest BCUT2D eigenvalue weighted by Crippen LogP contribution is 2.34. The van der Waals surface area contributed by atoms with Crippen LogP contribution in [-0.2, 0) is 6.61 Å². The van der Waals surface area contributed by atoms with Crippen LogP contribution in [-0.4, -0.2) is 31.3 Å². The molecule has 7 heteroatoms. The highest BCUT2D eigenvalue weighted by molar-refractivity contribution is 6.05. The normalized spacial score (nSPS) is 12.5. The van der Waals surface area contributed by atoms with Crippen molar-refractivity contribution in [1.82, 2.24) is 0 Å². The fourth-order valence-electron chi connectivity index (χ4n) is 2.97. The zero-order valence-electron chi connectivity index (χ0n) is 15.2. The van der Waals surface area contributed by atoms with Gasteiger partial charge in [0.05, 0.1) is 12.7 Å². The maximum absolute atomic E-state index is 12.7. The Labute approximate surface area is 161 Å². The number of benzene rings is 2. The summed E-state index contributed by atoms with van der Waals surface area (Å²) in [6, 6.07) is 13.8. The number of methoxy groups -OCH3 is 1. The van der Waals surface area contributed by atoms with Crippen LogP contribution in [0.3, 0.4) is 0 Å². The Kier molecular flexibility index (Phi) is 4.90. The van der Waals surface area contributed by atoms with Crippen molar-refractivity contribution < 1.29 is 28.5 Å². The number of carbonyl (C=O) groups excluding carboxylic acids is 1. The van der Waals surface area contributed by atoms with Crippen molar-refractivity contribution in [2.24, 2.45) is 0 Å². The van der Waals surface area contributed by atoms with E-state index < -0.39 is 0 Å². The van der Waals surface area contributed by atoms with Gasteiger partial charge in [-0.25, -0.2) is 0 Å². The fourth-order valence-corrected chi connectivity index (χ4v) is 2.97. The first-order valence-corrected chi connectivity index (χ1v) is 8.77. The summed E-state index contributed by atoms with van der Waals surface area (Å²) in [5, 5.41) is 12.1. The molecule has 1 amide bonds. The fraction of sp³-hybridized carbons (Fsp3) is 0.190. The Morgan fingerprint density at radius 2 is 1.89 bits per heavy atom. The summed E-state index contributed by atoms with van der Waals surface area (Å²) in [4.78, 5) is 12.7. The number of amides is 1. The van der Waals surface area contributed by atoms with Gasteiger partial charge in [-0.1, -0.05) is 0 Å². The minimum atomic E-state index is -0.274. The molecule has 1 aliphatic rings. The van der Waals surface area contributed by atoms with Gasteiger partial charge >= 0.3 is 0 Å².